The molecule has 0 bridgehead atoms. The van der Waals surface area contributed by atoms with Gasteiger partial charge in [0.1, 0.15) is 6.04 Å². The summed E-state index contributed by atoms with van der Waals surface area (Å²) in [7, 11) is -3.79. The van der Waals surface area contributed by atoms with E-state index in [9.17, 15) is 18.0 Å². The fourth-order valence-electron chi connectivity index (χ4n) is 3.08. The molecule has 3 N–H and O–H groups in total. The van der Waals surface area contributed by atoms with Gasteiger partial charge in [-0.2, -0.15) is 0 Å². The standard InChI is InChI=1S/C20H23N3O4S/c1-13-8-9-14(2)18(11-13)28(26,27)23-16-6-3-5-15(12-16)19(24)22-17-7-4-10-21-20(17)25/h3,5-6,8-9,11-12,17,23H,4,7,10H2,1-2H3,(H,21,25)(H,22,24). The minimum atomic E-state index is -3.79. The summed E-state index contributed by atoms with van der Waals surface area (Å²) in [5.41, 5.74) is 2.03. The molecule has 0 radical (unpaired) electrons. The summed E-state index contributed by atoms with van der Waals surface area (Å²) in [6, 6.07) is 10.8. The minimum Gasteiger partial charge on any atom is -0.354 e. The first-order chi connectivity index (χ1) is 13.3. The molecule has 2 aromatic rings. The number of carbonyl (C=O) groups is 2. The van der Waals surface area contributed by atoms with Gasteiger partial charge in [-0.15, -0.1) is 0 Å². The molecule has 8 heteroatoms. The second-order valence-corrected chi connectivity index (χ2v) is 8.57. The number of rotatable bonds is 5. The Bertz CT molecular complexity index is 1020. The first-order valence-electron chi connectivity index (χ1n) is 9.05. The van der Waals surface area contributed by atoms with Gasteiger partial charge in [0, 0.05) is 17.8 Å². The van der Waals surface area contributed by atoms with Gasteiger partial charge in [-0.1, -0.05) is 18.2 Å². The van der Waals surface area contributed by atoms with E-state index in [0.717, 1.165) is 12.0 Å². The molecular formula is C20H23N3O4S. The zero-order valence-electron chi connectivity index (χ0n) is 15.8. The lowest BCUT2D eigenvalue weighted by molar-refractivity contribution is -0.124. The molecule has 1 unspecified atom stereocenters. The largest absolute Gasteiger partial charge is 0.354 e. The lowest BCUT2D eigenvalue weighted by Gasteiger charge is -2.22. The normalized spacial score (nSPS) is 16.9. The molecule has 7 nitrogen and oxygen atoms in total. The summed E-state index contributed by atoms with van der Waals surface area (Å²) in [6.45, 7) is 4.17. The van der Waals surface area contributed by atoms with Gasteiger partial charge in [0.05, 0.1) is 4.90 Å². The maximum absolute atomic E-state index is 12.8. The first kappa shape index (κ1) is 19.9. The zero-order valence-corrected chi connectivity index (χ0v) is 16.6. The molecule has 1 heterocycles. The summed E-state index contributed by atoms with van der Waals surface area (Å²) in [5.74, 6) is -0.624. The van der Waals surface area contributed by atoms with E-state index < -0.39 is 22.0 Å². The van der Waals surface area contributed by atoms with Crippen LogP contribution in [0.1, 0.15) is 34.3 Å². The molecule has 0 aromatic heterocycles. The van der Waals surface area contributed by atoms with Gasteiger partial charge >= 0.3 is 0 Å². The predicted octanol–water partition coefficient (Wildman–Crippen LogP) is 2.11. The van der Waals surface area contributed by atoms with E-state index in [-0.39, 0.29) is 22.1 Å². The van der Waals surface area contributed by atoms with Gasteiger partial charge in [0.25, 0.3) is 15.9 Å². The van der Waals surface area contributed by atoms with Crippen LogP contribution in [-0.4, -0.2) is 32.8 Å². The fourth-order valence-corrected chi connectivity index (χ4v) is 4.46. The molecule has 28 heavy (non-hydrogen) atoms. The van der Waals surface area contributed by atoms with Crippen molar-refractivity contribution in [3.05, 3.63) is 59.2 Å². The Hall–Kier alpha value is -2.87. The predicted molar refractivity (Wildman–Crippen MR) is 107 cm³/mol. The highest BCUT2D eigenvalue weighted by molar-refractivity contribution is 7.92. The van der Waals surface area contributed by atoms with Crippen molar-refractivity contribution in [2.45, 2.75) is 37.6 Å². The monoisotopic (exact) mass is 401 g/mol. The third kappa shape index (κ3) is 4.51. The number of carbonyl (C=O) groups excluding carboxylic acids is 2. The molecule has 0 saturated carbocycles. The van der Waals surface area contributed by atoms with Crippen molar-refractivity contribution in [3.63, 3.8) is 0 Å². The molecule has 3 rings (SSSR count). The first-order valence-corrected chi connectivity index (χ1v) is 10.5. The van der Waals surface area contributed by atoms with Crippen LogP contribution < -0.4 is 15.4 Å². The molecule has 1 aliphatic rings. The van der Waals surface area contributed by atoms with Gasteiger partial charge in [-0.25, -0.2) is 8.42 Å². The molecule has 0 spiro atoms. The highest BCUT2D eigenvalue weighted by atomic mass is 32.2. The summed E-state index contributed by atoms with van der Waals surface area (Å²) in [4.78, 5) is 24.5. The smallest absolute Gasteiger partial charge is 0.262 e. The topological polar surface area (TPSA) is 104 Å². The lowest BCUT2D eigenvalue weighted by atomic mass is 10.1. The van der Waals surface area contributed by atoms with E-state index in [2.05, 4.69) is 15.4 Å². The van der Waals surface area contributed by atoms with Crippen LogP contribution in [0.2, 0.25) is 0 Å². The summed E-state index contributed by atoms with van der Waals surface area (Å²) < 4.78 is 28.0. The van der Waals surface area contributed by atoms with Gasteiger partial charge in [0.15, 0.2) is 0 Å². The Morgan fingerprint density at radius 1 is 1.14 bits per heavy atom. The van der Waals surface area contributed by atoms with Crippen molar-refractivity contribution < 1.29 is 18.0 Å². The molecule has 2 amide bonds. The fraction of sp³-hybridized carbons (Fsp3) is 0.300. The van der Waals surface area contributed by atoms with Crippen LogP contribution in [0.25, 0.3) is 0 Å². The van der Waals surface area contributed by atoms with Crippen LogP contribution in [-0.2, 0) is 14.8 Å². The summed E-state index contributed by atoms with van der Waals surface area (Å²) in [5, 5.41) is 5.41. The van der Waals surface area contributed by atoms with Crippen LogP contribution >= 0.6 is 0 Å². The van der Waals surface area contributed by atoms with E-state index in [4.69, 9.17) is 0 Å². The zero-order chi connectivity index (χ0) is 20.3. The van der Waals surface area contributed by atoms with E-state index in [1.807, 2.05) is 13.0 Å². The molecule has 1 fully saturated rings. The average molecular weight is 401 g/mol. The summed E-state index contributed by atoms with van der Waals surface area (Å²) in [6.07, 6.45) is 1.38. The number of hydrogen-bond acceptors (Lipinski definition) is 4. The maximum Gasteiger partial charge on any atom is 0.262 e. The Morgan fingerprint density at radius 3 is 2.68 bits per heavy atom. The number of hydrogen-bond donors (Lipinski definition) is 3. The minimum absolute atomic E-state index is 0.196. The van der Waals surface area contributed by atoms with E-state index >= 15 is 0 Å². The highest BCUT2D eigenvalue weighted by Gasteiger charge is 2.24. The van der Waals surface area contributed by atoms with Gasteiger partial charge in [0.2, 0.25) is 5.91 Å². The Kier molecular flexibility index (Phi) is 5.69. The van der Waals surface area contributed by atoms with Crippen molar-refractivity contribution in [3.8, 4) is 0 Å². The van der Waals surface area contributed by atoms with Crippen LogP contribution in [0.15, 0.2) is 47.4 Å². The third-order valence-electron chi connectivity index (χ3n) is 4.60. The van der Waals surface area contributed by atoms with E-state index in [0.29, 0.717) is 18.5 Å². The van der Waals surface area contributed by atoms with Crippen molar-refractivity contribution in [1.82, 2.24) is 10.6 Å². The number of sulfonamides is 1. The molecule has 1 saturated heterocycles. The second kappa shape index (κ2) is 8.02. The van der Waals surface area contributed by atoms with Crippen molar-refractivity contribution in [2.24, 2.45) is 0 Å². The highest BCUT2D eigenvalue weighted by Crippen LogP contribution is 2.21. The molecular weight excluding hydrogens is 378 g/mol. The summed E-state index contributed by atoms with van der Waals surface area (Å²) >= 11 is 0. The maximum atomic E-state index is 12.8. The number of anilines is 1. The molecule has 2 aromatic carbocycles. The number of nitrogens with one attached hydrogen (secondary N) is 3. The van der Waals surface area contributed by atoms with E-state index in [1.54, 1.807) is 37.3 Å². The van der Waals surface area contributed by atoms with Gasteiger partial charge < -0.3 is 10.6 Å². The van der Waals surface area contributed by atoms with Crippen molar-refractivity contribution >= 4 is 27.5 Å². The van der Waals surface area contributed by atoms with Gasteiger partial charge in [-0.3, -0.25) is 14.3 Å². The lowest BCUT2D eigenvalue weighted by Crippen LogP contribution is -2.50. The van der Waals surface area contributed by atoms with Crippen LogP contribution in [0.4, 0.5) is 5.69 Å². The Morgan fingerprint density at radius 2 is 1.93 bits per heavy atom. The Balaban J connectivity index is 1.78. The quantitative estimate of drug-likeness (QED) is 0.714. The molecule has 1 atom stereocenters. The van der Waals surface area contributed by atoms with Gasteiger partial charge in [-0.05, 0) is 62.1 Å². The second-order valence-electron chi connectivity index (χ2n) is 6.91. The number of benzene rings is 2. The van der Waals surface area contributed by atoms with Crippen molar-refractivity contribution in [2.75, 3.05) is 11.3 Å². The average Bonchev–Trinajstić information content (AvgIpc) is 2.65. The number of piperidine rings is 1. The molecule has 0 aliphatic carbocycles. The van der Waals surface area contributed by atoms with Crippen molar-refractivity contribution in [1.29, 1.82) is 0 Å². The van der Waals surface area contributed by atoms with Crippen LogP contribution in [0.3, 0.4) is 0 Å². The molecule has 148 valence electrons. The molecule has 1 aliphatic heterocycles. The number of amides is 2. The number of aryl methyl sites for hydroxylation is 2. The SMILES string of the molecule is Cc1ccc(C)c(S(=O)(=O)Nc2cccc(C(=O)NC3CCCNC3=O)c2)c1. The third-order valence-corrected chi connectivity index (χ3v) is 6.12. The van der Waals surface area contributed by atoms with E-state index in [1.165, 1.54) is 6.07 Å². The van der Waals surface area contributed by atoms with Crippen LogP contribution in [0, 0.1) is 13.8 Å². The van der Waals surface area contributed by atoms with Crippen LogP contribution in [0.5, 0.6) is 0 Å². The Labute approximate surface area is 164 Å².